The molecule has 0 aromatic carbocycles. The molecule has 0 aliphatic carbocycles. The van der Waals surface area contributed by atoms with Gasteiger partial charge in [-0.05, 0) is 77.0 Å². The van der Waals surface area contributed by atoms with Crippen LogP contribution in [-0.4, -0.2) is 46.9 Å². The second kappa shape index (κ2) is 47.9. The highest BCUT2D eigenvalue weighted by atomic mass is 16.5. The fourth-order valence-electron chi connectivity index (χ4n) is 7.72. The number of nitrogens with one attached hydrogen (secondary N) is 1. The van der Waals surface area contributed by atoms with Crippen LogP contribution in [0.4, 0.5) is 0 Å². The highest BCUT2D eigenvalue weighted by Crippen LogP contribution is 2.17. The number of amides is 1. The van der Waals surface area contributed by atoms with Gasteiger partial charge in [0.1, 0.15) is 6.10 Å². The molecule has 0 spiro atoms. The van der Waals surface area contributed by atoms with Crippen molar-refractivity contribution in [2.75, 3.05) is 6.61 Å². The van der Waals surface area contributed by atoms with E-state index in [0.29, 0.717) is 19.3 Å². The van der Waals surface area contributed by atoms with Crippen molar-refractivity contribution in [3.8, 4) is 0 Å². The number of aliphatic hydroxyl groups excluding tert-OH is 2. The van der Waals surface area contributed by atoms with Crippen LogP contribution in [0.15, 0.2) is 48.6 Å². The van der Waals surface area contributed by atoms with Crippen molar-refractivity contribution in [1.82, 2.24) is 5.32 Å². The zero-order valence-corrected chi connectivity index (χ0v) is 39.8. The molecule has 3 N–H and O–H groups in total. The van der Waals surface area contributed by atoms with Crippen LogP contribution < -0.4 is 5.32 Å². The van der Waals surface area contributed by atoms with Crippen molar-refractivity contribution in [3.05, 3.63) is 48.6 Å². The summed E-state index contributed by atoms with van der Waals surface area (Å²) in [7, 11) is 0. The first kappa shape index (κ1) is 57.8. The molecule has 1 amide bonds. The van der Waals surface area contributed by atoms with Gasteiger partial charge in [0, 0.05) is 6.42 Å². The first-order valence-corrected chi connectivity index (χ1v) is 25.9. The topological polar surface area (TPSA) is 95.9 Å². The smallest absolute Gasteiger partial charge is 0.306 e. The molecule has 0 aliphatic rings. The molecule has 0 saturated carbocycles. The number of hydrogen-bond acceptors (Lipinski definition) is 5. The number of aliphatic hydroxyl groups is 2. The van der Waals surface area contributed by atoms with Crippen LogP contribution in [0.5, 0.6) is 0 Å². The quantitative estimate of drug-likeness (QED) is 0.0246. The van der Waals surface area contributed by atoms with Crippen LogP contribution >= 0.6 is 0 Å². The van der Waals surface area contributed by atoms with E-state index in [2.05, 4.69) is 74.7 Å². The SMILES string of the molecule is CCCCC/C=C\CCCCCC(CC(=O)NC(CO)C(O)CCCCCCCCCCCCCCC)OC(=O)CCCCCCC/C=C/C=C/C=C/CCCCCCC. The van der Waals surface area contributed by atoms with E-state index in [4.69, 9.17) is 4.74 Å². The number of unbranched alkanes of at least 4 members (excludes halogenated alkanes) is 28. The molecule has 0 saturated heterocycles. The molecule has 350 valence electrons. The Bertz CT molecular complexity index is 1040. The summed E-state index contributed by atoms with van der Waals surface area (Å²) in [5.41, 5.74) is 0. The molecule has 0 fully saturated rings. The average molecular weight is 842 g/mol. The van der Waals surface area contributed by atoms with Gasteiger partial charge in [-0.15, -0.1) is 0 Å². The van der Waals surface area contributed by atoms with Gasteiger partial charge < -0.3 is 20.3 Å². The third kappa shape index (κ3) is 42.5. The summed E-state index contributed by atoms with van der Waals surface area (Å²) >= 11 is 0. The third-order valence-corrected chi connectivity index (χ3v) is 11.7. The molecule has 3 unspecified atom stereocenters. The average Bonchev–Trinajstić information content (AvgIpc) is 3.24. The molecule has 0 heterocycles. The zero-order valence-electron chi connectivity index (χ0n) is 39.8. The molecular formula is C54H99NO5. The fourth-order valence-corrected chi connectivity index (χ4v) is 7.72. The lowest BCUT2D eigenvalue weighted by Gasteiger charge is -2.24. The standard InChI is InChI=1S/C54H99NO5/c1-4-7-10-13-16-19-22-24-25-26-27-28-30-32-35-38-41-44-47-54(59)60-50(45-42-39-36-33-21-18-15-12-9-6-3)48-53(58)55-51(49-56)52(57)46-43-40-37-34-31-29-23-20-17-14-11-8-5-2/h18,21-22,24-28,50-52,56-57H,4-17,19-20,23,29-49H2,1-3H3,(H,55,58)/b21-18-,24-22+,26-25+,28-27+. The highest BCUT2D eigenvalue weighted by molar-refractivity contribution is 5.77. The minimum Gasteiger partial charge on any atom is -0.462 e. The summed E-state index contributed by atoms with van der Waals surface area (Å²) in [5.74, 6) is -0.510. The van der Waals surface area contributed by atoms with Gasteiger partial charge in [0.15, 0.2) is 0 Å². The van der Waals surface area contributed by atoms with Crippen LogP contribution in [0.1, 0.15) is 258 Å². The second-order valence-electron chi connectivity index (χ2n) is 17.6. The Kier molecular flexibility index (Phi) is 46.1. The van der Waals surface area contributed by atoms with Gasteiger partial charge in [0.25, 0.3) is 0 Å². The molecule has 3 atom stereocenters. The molecule has 0 bridgehead atoms. The first-order chi connectivity index (χ1) is 29.5. The minimum atomic E-state index is -0.794. The summed E-state index contributed by atoms with van der Waals surface area (Å²) in [5, 5.41) is 23.7. The number of hydrogen-bond donors (Lipinski definition) is 3. The lowest BCUT2D eigenvalue weighted by atomic mass is 10.0. The summed E-state index contributed by atoms with van der Waals surface area (Å²) in [4.78, 5) is 26.1. The fraction of sp³-hybridized carbons (Fsp3) is 0.815. The van der Waals surface area contributed by atoms with Gasteiger partial charge in [-0.25, -0.2) is 0 Å². The van der Waals surface area contributed by atoms with E-state index in [-0.39, 0.29) is 24.9 Å². The Hall–Kier alpha value is -2.18. The summed E-state index contributed by atoms with van der Waals surface area (Å²) < 4.78 is 5.91. The molecule has 0 aromatic heterocycles. The van der Waals surface area contributed by atoms with Crippen LogP contribution in [0, 0.1) is 0 Å². The van der Waals surface area contributed by atoms with Crippen LogP contribution in [-0.2, 0) is 14.3 Å². The maximum atomic E-state index is 13.2. The largest absolute Gasteiger partial charge is 0.462 e. The monoisotopic (exact) mass is 842 g/mol. The van der Waals surface area contributed by atoms with Crippen molar-refractivity contribution < 1.29 is 24.5 Å². The van der Waals surface area contributed by atoms with Crippen LogP contribution in [0.3, 0.4) is 0 Å². The van der Waals surface area contributed by atoms with Crippen molar-refractivity contribution in [2.45, 2.75) is 277 Å². The number of esters is 1. The molecule has 0 aromatic rings. The second-order valence-corrected chi connectivity index (χ2v) is 17.6. The third-order valence-electron chi connectivity index (χ3n) is 11.7. The first-order valence-electron chi connectivity index (χ1n) is 25.9. The number of carbonyl (C=O) groups excluding carboxylic acids is 2. The van der Waals surface area contributed by atoms with E-state index in [1.165, 1.54) is 122 Å². The molecule has 6 heteroatoms. The predicted molar refractivity (Wildman–Crippen MR) is 259 cm³/mol. The van der Waals surface area contributed by atoms with Gasteiger partial charge in [-0.2, -0.15) is 0 Å². The normalized spacial score (nSPS) is 13.6. The summed E-state index contributed by atoms with van der Waals surface area (Å²) in [6, 6.07) is -0.709. The maximum Gasteiger partial charge on any atom is 0.306 e. The summed E-state index contributed by atoms with van der Waals surface area (Å²) in [6.07, 6.45) is 57.4. The van der Waals surface area contributed by atoms with Gasteiger partial charge in [0.05, 0.1) is 25.2 Å². The Balaban J connectivity index is 4.54. The van der Waals surface area contributed by atoms with Gasteiger partial charge >= 0.3 is 5.97 Å². The lowest BCUT2D eigenvalue weighted by Crippen LogP contribution is -2.46. The van der Waals surface area contributed by atoms with Crippen LogP contribution in [0.25, 0.3) is 0 Å². The van der Waals surface area contributed by atoms with Crippen molar-refractivity contribution in [1.29, 1.82) is 0 Å². The van der Waals surface area contributed by atoms with Crippen molar-refractivity contribution >= 4 is 11.9 Å². The molecule has 0 rings (SSSR count). The zero-order chi connectivity index (χ0) is 43.8. The Morgan fingerprint density at radius 1 is 0.483 bits per heavy atom. The van der Waals surface area contributed by atoms with Crippen molar-refractivity contribution in [2.24, 2.45) is 0 Å². The minimum absolute atomic E-state index is 0.0587. The lowest BCUT2D eigenvalue weighted by molar-refractivity contribution is -0.151. The van der Waals surface area contributed by atoms with Gasteiger partial charge in [-0.3, -0.25) is 9.59 Å². The molecular weight excluding hydrogens is 743 g/mol. The molecule has 6 nitrogen and oxygen atoms in total. The van der Waals surface area contributed by atoms with E-state index in [1.54, 1.807) is 0 Å². The predicted octanol–water partition coefficient (Wildman–Crippen LogP) is 15.5. The number of rotatable bonds is 46. The number of carbonyl (C=O) groups is 2. The van der Waals surface area contributed by atoms with E-state index in [9.17, 15) is 19.8 Å². The van der Waals surface area contributed by atoms with E-state index in [1.807, 2.05) is 0 Å². The van der Waals surface area contributed by atoms with Crippen LogP contribution in [0.2, 0.25) is 0 Å². The molecule has 0 aliphatic heterocycles. The number of allylic oxidation sites excluding steroid dienone is 8. The van der Waals surface area contributed by atoms with Crippen molar-refractivity contribution in [3.63, 3.8) is 0 Å². The molecule has 0 radical (unpaired) electrons. The molecule has 60 heavy (non-hydrogen) atoms. The highest BCUT2D eigenvalue weighted by Gasteiger charge is 2.24. The van der Waals surface area contributed by atoms with E-state index >= 15 is 0 Å². The summed E-state index contributed by atoms with van der Waals surface area (Å²) in [6.45, 7) is 6.43. The Morgan fingerprint density at radius 2 is 0.867 bits per heavy atom. The van der Waals surface area contributed by atoms with E-state index < -0.39 is 18.2 Å². The Labute approximate surface area is 372 Å². The van der Waals surface area contributed by atoms with Gasteiger partial charge in [-0.1, -0.05) is 217 Å². The number of ether oxygens (including phenoxy) is 1. The maximum absolute atomic E-state index is 13.2. The van der Waals surface area contributed by atoms with Gasteiger partial charge in [0.2, 0.25) is 5.91 Å². The Morgan fingerprint density at radius 3 is 1.37 bits per heavy atom. The van der Waals surface area contributed by atoms with E-state index in [0.717, 1.165) is 89.9 Å².